The lowest BCUT2D eigenvalue weighted by Crippen LogP contribution is -2.43. The number of benzene rings is 3. The SMILES string of the molecule is CC1(C)COC(C)(c2ccc([S+](c3ccccc3)c3ccc(OC(=O)C(F)(F)S(=O)(=O)[O-])cc3)cc2)OC1. The van der Waals surface area contributed by atoms with E-state index in [1.54, 1.807) is 12.1 Å². The van der Waals surface area contributed by atoms with Crippen molar-refractivity contribution >= 4 is 27.0 Å². The molecule has 0 spiro atoms. The molecule has 0 aliphatic carbocycles. The Hall–Kier alpha value is -2.83. The number of rotatable bonds is 7. The zero-order valence-electron chi connectivity index (χ0n) is 20.8. The molecule has 1 unspecified atom stereocenters. The Balaban J connectivity index is 1.61. The lowest BCUT2D eigenvalue weighted by Gasteiger charge is -2.41. The molecule has 0 bridgehead atoms. The summed E-state index contributed by atoms with van der Waals surface area (Å²) in [5.41, 5.74) is 0.795. The average Bonchev–Trinajstić information content (AvgIpc) is 2.87. The van der Waals surface area contributed by atoms with E-state index in [2.05, 4.69) is 18.6 Å². The number of carbonyl (C=O) groups is 1. The third-order valence-corrected chi connectivity index (χ3v) is 8.92. The maximum absolute atomic E-state index is 13.5. The summed E-state index contributed by atoms with van der Waals surface area (Å²) in [4.78, 5) is 14.3. The maximum atomic E-state index is 13.5. The van der Waals surface area contributed by atoms with Crippen LogP contribution < -0.4 is 4.74 Å². The topological polar surface area (TPSA) is 102 Å². The van der Waals surface area contributed by atoms with Gasteiger partial charge in [-0.15, -0.1) is 0 Å². The average molecular weight is 565 g/mol. The first kappa shape index (κ1) is 28.2. The van der Waals surface area contributed by atoms with Crippen LogP contribution in [-0.4, -0.2) is 37.4 Å². The Morgan fingerprint density at radius 1 is 0.868 bits per heavy atom. The van der Waals surface area contributed by atoms with Crippen molar-refractivity contribution < 1.29 is 40.8 Å². The second kappa shape index (κ2) is 10.4. The van der Waals surface area contributed by atoms with Gasteiger partial charge in [-0.1, -0.05) is 32.0 Å². The molecule has 202 valence electrons. The molecule has 0 amide bonds. The van der Waals surface area contributed by atoms with Gasteiger partial charge in [0.2, 0.25) is 0 Å². The molecule has 3 aromatic carbocycles. The molecule has 1 heterocycles. The van der Waals surface area contributed by atoms with E-state index in [1.165, 1.54) is 12.1 Å². The molecular formula is C27H26F2O7S2. The fourth-order valence-corrected chi connectivity index (χ4v) is 6.00. The maximum Gasteiger partial charge on any atom is 0.429 e. The summed E-state index contributed by atoms with van der Waals surface area (Å²) >= 11 is 0. The summed E-state index contributed by atoms with van der Waals surface area (Å²) < 4.78 is 75.7. The van der Waals surface area contributed by atoms with Crippen molar-refractivity contribution in [2.45, 2.75) is 46.5 Å². The van der Waals surface area contributed by atoms with Crippen molar-refractivity contribution in [3.63, 3.8) is 0 Å². The van der Waals surface area contributed by atoms with Crippen LogP contribution >= 0.6 is 0 Å². The van der Waals surface area contributed by atoms with Crippen molar-refractivity contribution in [2.24, 2.45) is 5.41 Å². The van der Waals surface area contributed by atoms with Crippen molar-refractivity contribution in [3.8, 4) is 5.75 Å². The first-order valence-corrected chi connectivity index (χ1v) is 14.2. The van der Waals surface area contributed by atoms with E-state index in [-0.39, 0.29) is 11.2 Å². The molecule has 11 heteroatoms. The second-order valence-corrected chi connectivity index (χ2v) is 13.1. The van der Waals surface area contributed by atoms with Gasteiger partial charge in [0.05, 0.1) is 24.1 Å². The lowest BCUT2D eigenvalue weighted by atomic mass is 9.94. The Bertz CT molecular complexity index is 1380. The van der Waals surface area contributed by atoms with Crippen LogP contribution in [-0.2, 0) is 41.1 Å². The third kappa shape index (κ3) is 5.92. The van der Waals surface area contributed by atoms with Crippen LogP contribution in [0.15, 0.2) is 93.5 Å². The van der Waals surface area contributed by atoms with E-state index >= 15 is 0 Å². The molecule has 0 aromatic heterocycles. The minimum Gasteiger partial charge on any atom is -0.743 e. The number of hydrogen-bond donors (Lipinski definition) is 0. The zero-order chi connectivity index (χ0) is 27.8. The van der Waals surface area contributed by atoms with Gasteiger partial charge in [0.1, 0.15) is 5.75 Å². The van der Waals surface area contributed by atoms with Gasteiger partial charge in [0, 0.05) is 11.0 Å². The number of esters is 1. The minimum atomic E-state index is -6.21. The minimum absolute atomic E-state index is 0.0706. The summed E-state index contributed by atoms with van der Waals surface area (Å²) in [5, 5.41) is -5.19. The Morgan fingerprint density at radius 3 is 1.84 bits per heavy atom. The molecule has 0 radical (unpaired) electrons. The molecule has 1 aliphatic rings. The fraction of sp³-hybridized carbons (Fsp3) is 0.296. The number of carbonyl (C=O) groups excluding carboxylic acids is 1. The molecule has 4 rings (SSSR count). The van der Waals surface area contributed by atoms with Crippen LogP contribution in [0.1, 0.15) is 26.3 Å². The highest BCUT2D eigenvalue weighted by Gasteiger charge is 2.49. The van der Waals surface area contributed by atoms with Gasteiger partial charge in [-0.2, -0.15) is 8.78 Å². The van der Waals surface area contributed by atoms with Crippen LogP contribution in [0, 0.1) is 5.41 Å². The molecule has 0 saturated carbocycles. The van der Waals surface area contributed by atoms with E-state index in [0.717, 1.165) is 20.2 Å². The molecule has 1 aliphatic heterocycles. The first-order valence-electron chi connectivity index (χ1n) is 11.6. The molecule has 1 fully saturated rings. The van der Waals surface area contributed by atoms with Gasteiger partial charge in [-0.25, -0.2) is 13.2 Å². The number of halogens is 2. The predicted molar refractivity (Wildman–Crippen MR) is 135 cm³/mol. The second-order valence-electron chi connectivity index (χ2n) is 9.66. The van der Waals surface area contributed by atoms with Crippen LogP contribution in [0.25, 0.3) is 0 Å². The number of alkyl halides is 2. The van der Waals surface area contributed by atoms with Gasteiger partial charge in [0.25, 0.3) is 0 Å². The van der Waals surface area contributed by atoms with Gasteiger partial charge < -0.3 is 18.8 Å². The summed E-state index contributed by atoms with van der Waals surface area (Å²) in [5.74, 6) is -3.65. The summed E-state index contributed by atoms with van der Waals surface area (Å²) in [6, 6.07) is 23.2. The zero-order valence-corrected chi connectivity index (χ0v) is 22.5. The van der Waals surface area contributed by atoms with E-state index in [9.17, 15) is 26.5 Å². The number of ether oxygens (including phenoxy) is 3. The molecule has 38 heavy (non-hydrogen) atoms. The van der Waals surface area contributed by atoms with Crippen LogP contribution in [0.3, 0.4) is 0 Å². The molecule has 7 nitrogen and oxygen atoms in total. The predicted octanol–water partition coefficient (Wildman–Crippen LogP) is 5.07. The lowest BCUT2D eigenvalue weighted by molar-refractivity contribution is -0.298. The largest absolute Gasteiger partial charge is 0.743 e. The highest BCUT2D eigenvalue weighted by atomic mass is 32.2. The third-order valence-electron chi connectivity index (χ3n) is 5.89. The molecular weight excluding hydrogens is 538 g/mol. The summed E-state index contributed by atoms with van der Waals surface area (Å²) in [7, 11) is -6.83. The number of hydrogen-bond acceptors (Lipinski definition) is 7. The normalized spacial score (nSPS) is 17.9. The van der Waals surface area contributed by atoms with Gasteiger partial charge >= 0.3 is 11.2 Å². The molecule has 1 atom stereocenters. The smallest absolute Gasteiger partial charge is 0.429 e. The van der Waals surface area contributed by atoms with Crippen LogP contribution in [0.2, 0.25) is 0 Å². The van der Waals surface area contributed by atoms with Gasteiger partial charge in [-0.05, 0) is 67.6 Å². The van der Waals surface area contributed by atoms with Crippen molar-refractivity contribution in [1.82, 2.24) is 0 Å². The van der Waals surface area contributed by atoms with E-state index < -0.39 is 38.0 Å². The Morgan fingerprint density at radius 2 is 1.34 bits per heavy atom. The first-order chi connectivity index (χ1) is 17.7. The van der Waals surface area contributed by atoms with E-state index in [4.69, 9.17) is 9.47 Å². The Labute approximate surface area is 222 Å². The van der Waals surface area contributed by atoms with Crippen molar-refractivity contribution in [1.29, 1.82) is 0 Å². The Kier molecular flexibility index (Phi) is 7.70. The van der Waals surface area contributed by atoms with E-state index in [1.807, 2.05) is 61.5 Å². The standard InChI is InChI=1S/C27H26F2O7S2/c1-25(2)17-34-26(3,35-18-25)19-9-13-22(14-10-19)37(21-7-5-4-6-8-21)23-15-11-20(12-16-23)36-24(30)27(28,29)38(31,32)33/h4-16H,17-18H2,1-3H3. The van der Waals surface area contributed by atoms with Crippen LogP contribution in [0.5, 0.6) is 5.75 Å². The van der Waals surface area contributed by atoms with Crippen molar-refractivity contribution in [2.75, 3.05) is 13.2 Å². The van der Waals surface area contributed by atoms with Crippen molar-refractivity contribution in [3.05, 3.63) is 84.4 Å². The monoisotopic (exact) mass is 564 g/mol. The highest BCUT2D eigenvalue weighted by molar-refractivity contribution is 7.97. The highest BCUT2D eigenvalue weighted by Crippen LogP contribution is 2.38. The molecule has 1 saturated heterocycles. The van der Waals surface area contributed by atoms with Gasteiger partial charge in [-0.3, -0.25) is 0 Å². The van der Waals surface area contributed by atoms with Crippen LogP contribution in [0.4, 0.5) is 8.78 Å². The van der Waals surface area contributed by atoms with E-state index in [0.29, 0.717) is 13.2 Å². The summed E-state index contributed by atoms with van der Waals surface area (Å²) in [6.45, 7) is 7.15. The molecule has 3 aromatic rings. The molecule has 0 N–H and O–H groups in total. The summed E-state index contributed by atoms with van der Waals surface area (Å²) in [6.07, 6.45) is 0. The van der Waals surface area contributed by atoms with Gasteiger partial charge in [0.15, 0.2) is 30.6 Å². The quantitative estimate of drug-likeness (QED) is 0.171. The fourth-order valence-electron chi connectivity index (χ4n) is 3.69.